The average molecular weight is 240 g/mol. The van der Waals surface area contributed by atoms with Crippen molar-refractivity contribution in [3.05, 3.63) is 47.8 Å². The van der Waals surface area contributed by atoms with E-state index >= 15 is 0 Å². The minimum Gasteiger partial charge on any atom is -0.361 e. The summed E-state index contributed by atoms with van der Waals surface area (Å²) in [5, 5.41) is 1.26. The maximum atomic E-state index is 11.7. The lowest BCUT2D eigenvalue weighted by atomic mass is 10.1. The summed E-state index contributed by atoms with van der Waals surface area (Å²) in [6, 6.07) is 8.27. The number of H-pyrrole nitrogens is 1. The molecule has 0 unspecified atom stereocenters. The number of amides is 1. The van der Waals surface area contributed by atoms with E-state index in [-0.39, 0.29) is 5.91 Å². The Morgan fingerprint density at radius 3 is 2.94 bits per heavy atom. The lowest BCUT2D eigenvalue weighted by molar-refractivity contribution is -0.127. The highest BCUT2D eigenvalue weighted by Crippen LogP contribution is 2.20. The van der Waals surface area contributed by atoms with Gasteiger partial charge >= 0.3 is 0 Å². The number of carbonyl (C=O) groups excluding carboxylic acids is 1. The maximum absolute atomic E-state index is 11.7. The van der Waals surface area contributed by atoms with Crippen molar-refractivity contribution in [1.29, 1.82) is 0 Å². The minimum atomic E-state index is 0.215. The van der Waals surface area contributed by atoms with Crippen molar-refractivity contribution in [2.75, 3.05) is 6.54 Å². The van der Waals surface area contributed by atoms with E-state index in [1.165, 1.54) is 10.9 Å². The molecule has 0 saturated heterocycles. The van der Waals surface area contributed by atoms with Crippen LogP contribution in [0.4, 0.5) is 0 Å². The van der Waals surface area contributed by atoms with Crippen molar-refractivity contribution in [3.63, 3.8) is 0 Å². The molecule has 3 heteroatoms. The Kier molecular flexibility index (Phi) is 2.67. The van der Waals surface area contributed by atoms with E-state index < -0.39 is 0 Å². The number of para-hydroxylation sites is 1. The van der Waals surface area contributed by atoms with Crippen molar-refractivity contribution in [2.24, 2.45) is 0 Å². The fraction of sp³-hybridized carbons (Fsp3) is 0.267. The third kappa shape index (κ3) is 1.82. The summed E-state index contributed by atoms with van der Waals surface area (Å²) < 4.78 is 0. The van der Waals surface area contributed by atoms with Crippen LogP contribution in [-0.2, 0) is 11.2 Å². The first-order valence-corrected chi connectivity index (χ1v) is 6.28. The number of nitrogens with zero attached hydrogens (tertiary/aromatic N) is 1. The van der Waals surface area contributed by atoms with Crippen molar-refractivity contribution >= 4 is 16.8 Å². The lowest BCUT2D eigenvalue weighted by Crippen LogP contribution is -2.26. The van der Waals surface area contributed by atoms with Gasteiger partial charge in [0.25, 0.3) is 0 Å². The van der Waals surface area contributed by atoms with Gasteiger partial charge in [-0.05, 0) is 25.0 Å². The lowest BCUT2D eigenvalue weighted by Gasteiger charge is -2.17. The number of aromatic amines is 1. The number of hydrogen-bond donors (Lipinski definition) is 1. The van der Waals surface area contributed by atoms with Gasteiger partial charge in [0.05, 0.1) is 0 Å². The van der Waals surface area contributed by atoms with E-state index in [0.29, 0.717) is 6.42 Å². The highest BCUT2D eigenvalue weighted by atomic mass is 16.2. The molecule has 0 aliphatic carbocycles. The number of nitrogens with one attached hydrogen (secondary N) is 1. The Balaban J connectivity index is 1.77. The van der Waals surface area contributed by atoms with Crippen LogP contribution in [0.15, 0.2) is 42.2 Å². The van der Waals surface area contributed by atoms with Gasteiger partial charge in [-0.3, -0.25) is 4.79 Å². The third-order valence-electron chi connectivity index (χ3n) is 3.58. The van der Waals surface area contributed by atoms with Gasteiger partial charge in [0, 0.05) is 35.8 Å². The SMILES string of the molecule is CC1=CCC(=O)N1CCc1c[nH]c2ccccc12. The van der Waals surface area contributed by atoms with Gasteiger partial charge < -0.3 is 9.88 Å². The molecular formula is C15H16N2O. The summed E-state index contributed by atoms with van der Waals surface area (Å²) in [5.41, 5.74) is 3.52. The topological polar surface area (TPSA) is 36.1 Å². The fourth-order valence-corrected chi connectivity index (χ4v) is 2.52. The van der Waals surface area contributed by atoms with Gasteiger partial charge in [-0.2, -0.15) is 0 Å². The number of rotatable bonds is 3. The first-order chi connectivity index (χ1) is 8.75. The van der Waals surface area contributed by atoms with Gasteiger partial charge in [0.15, 0.2) is 0 Å². The van der Waals surface area contributed by atoms with Crippen LogP contribution in [0.3, 0.4) is 0 Å². The predicted octanol–water partition coefficient (Wildman–Crippen LogP) is 2.85. The zero-order valence-corrected chi connectivity index (χ0v) is 10.4. The number of carbonyl (C=O) groups is 1. The third-order valence-corrected chi connectivity index (χ3v) is 3.58. The molecule has 3 nitrogen and oxygen atoms in total. The van der Waals surface area contributed by atoms with Crippen molar-refractivity contribution < 1.29 is 4.79 Å². The van der Waals surface area contributed by atoms with Gasteiger partial charge in [-0.1, -0.05) is 24.3 Å². The van der Waals surface area contributed by atoms with Crippen LogP contribution in [0.2, 0.25) is 0 Å². The van der Waals surface area contributed by atoms with E-state index in [9.17, 15) is 4.79 Å². The molecule has 3 rings (SSSR count). The summed E-state index contributed by atoms with van der Waals surface area (Å²) in [6.45, 7) is 2.77. The summed E-state index contributed by atoms with van der Waals surface area (Å²) in [5.74, 6) is 0.215. The molecule has 0 atom stereocenters. The van der Waals surface area contributed by atoms with E-state index in [1.54, 1.807) is 0 Å². The molecule has 1 N–H and O–H groups in total. The van der Waals surface area contributed by atoms with Crippen LogP contribution in [0.1, 0.15) is 18.9 Å². The van der Waals surface area contributed by atoms with E-state index in [4.69, 9.17) is 0 Å². The molecule has 0 fully saturated rings. The second-order valence-corrected chi connectivity index (χ2v) is 4.70. The first-order valence-electron chi connectivity index (χ1n) is 6.28. The first kappa shape index (κ1) is 11.1. The smallest absolute Gasteiger partial charge is 0.230 e. The Morgan fingerprint density at radius 2 is 2.17 bits per heavy atom. The molecule has 1 aliphatic heterocycles. The summed E-state index contributed by atoms with van der Waals surface area (Å²) >= 11 is 0. The standard InChI is InChI=1S/C15H16N2O/c1-11-6-7-15(18)17(11)9-8-12-10-16-14-5-3-2-4-13(12)14/h2-6,10,16H,7-9H2,1H3. The van der Waals surface area contributed by atoms with Crippen LogP contribution in [0.25, 0.3) is 10.9 Å². The molecule has 0 saturated carbocycles. The molecule has 1 aliphatic rings. The Labute approximate surface area is 106 Å². The quantitative estimate of drug-likeness (QED) is 0.879. The zero-order chi connectivity index (χ0) is 12.5. The van der Waals surface area contributed by atoms with Crippen molar-refractivity contribution in [1.82, 2.24) is 9.88 Å². The van der Waals surface area contributed by atoms with Crippen LogP contribution in [0, 0.1) is 0 Å². The van der Waals surface area contributed by atoms with Crippen LogP contribution < -0.4 is 0 Å². The number of benzene rings is 1. The van der Waals surface area contributed by atoms with Crippen molar-refractivity contribution in [3.8, 4) is 0 Å². The molecule has 1 amide bonds. The summed E-state index contributed by atoms with van der Waals surface area (Å²) in [6.07, 6.45) is 5.49. The molecule has 0 spiro atoms. The van der Waals surface area contributed by atoms with Crippen molar-refractivity contribution in [2.45, 2.75) is 19.8 Å². The van der Waals surface area contributed by atoms with E-state index in [0.717, 1.165) is 24.2 Å². The van der Waals surface area contributed by atoms with Crippen LogP contribution in [0.5, 0.6) is 0 Å². The van der Waals surface area contributed by atoms with Crippen LogP contribution in [-0.4, -0.2) is 22.3 Å². The van der Waals surface area contributed by atoms with E-state index in [2.05, 4.69) is 17.1 Å². The number of fused-ring (bicyclic) bond motifs is 1. The molecule has 1 aromatic heterocycles. The number of aromatic nitrogens is 1. The highest BCUT2D eigenvalue weighted by molar-refractivity contribution is 5.84. The van der Waals surface area contributed by atoms with Gasteiger partial charge in [-0.25, -0.2) is 0 Å². The Bertz CT molecular complexity index is 624. The fourth-order valence-electron chi connectivity index (χ4n) is 2.52. The maximum Gasteiger partial charge on any atom is 0.230 e. The molecule has 2 aromatic rings. The molecule has 0 radical (unpaired) electrons. The molecule has 92 valence electrons. The molecule has 1 aromatic carbocycles. The highest BCUT2D eigenvalue weighted by Gasteiger charge is 2.20. The Hall–Kier alpha value is -2.03. The second-order valence-electron chi connectivity index (χ2n) is 4.70. The minimum absolute atomic E-state index is 0.215. The average Bonchev–Trinajstić information content (AvgIpc) is 2.93. The number of allylic oxidation sites excluding steroid dienone is 1. The summed E-state index contributed by atoms with van der Waals surface area (Å²) in [7, 11) is 0. The molecule has 18 heavy (non-hydrogen) atoms. The normalized spacial score (nSPS) is 15.5. The summed E-state index contributed by atoms with van der Waals surface area (Å²) in [4.78, 5) is 16.8. The molecule has 0 bridgehead atoms. The van der Waals surface area contributed by atoms with Gasteiger partial charge in [-0.15, -0.1) is 0 Å². The van der Waals surface area contributed by atoms with Gasteiger partial charge in [0.1, 0.15) is 0 Å². The predicted molar refractivity (Wildman–Crippen MR) is 72.1 cm³/mol. The monoisotopic (exact) mass is 240 g/mol. The largest absolute Gasteiger partial charge is 0.361 e. The van der Waals surface area contributed by atoms with E-state index in [1.807, 2.05) is 36.2 Å². The Morgan fingerprint density at radius 1 is 1.33 bits per heavy atom. The van der Waals surface area contributed by atoms with Gasteiger partial charge in [0.2, 0.25) is 5.91 Å². The van der Waals surface area contributed by atoms with Crippen LogP contribution >= 0.6 is 0 Å². The molecule has 2 heterocycles. The zero-order valence-electron chi connectivity index (χ0n) is 10.4. The molecular weight excluding hydrogens is 224 g/mol. The number of hydrogen-bond acceptors (Lipinski definition) is 1. The second kappa shape index (κ2) is 4.33.